The van der Waals surface area contributed by atoms with Gasteiger partial charge in [0.2, 0.25) is 5.91 Å². The largest absolute Gasteiger partial charge is 0.354 e. The highest BCUT2D eigenvalue weighted by atomic mass is 16.2. The topological polar surface area (TPSA) is 71.8 Å². The fraction of sp³-hybridized carbons (Fsp3) is 0.588. The van der Waals surface area contributed by atoms with Crippen molar-refractivity contribution in [2.24, 2.45) is 5.41 Å². The van der Waals surface area contributed by atoms with E-state index in [9.17, 15) is 4.79 Å². The molecular weight excluding hydrogens is 290 g/mol. The zero-order valence-corrected chi connectivity index (χ0v) is 14.1. The summed E-state index contributed by atoms with van der Waals surface area (Å²) in [7, 11) is 0. The van der Waals surface area contributed by atoms with E-state index in [1.165, 1.54) is 0 Å². The number of rotatable bonds is 4. The molecule has 0 unspecified atom stereocenters. The second-order valence-corrected chi connectivity index (χ2v) is 7.18. The number of nitrogens with one attached hydrogen (secondary N) is 2. The first-order valence-corrected chi connectivity index (χ1v) is 8.27. The monoisotopic (exact) mass is 315 g/mol. The van der Waals surface area contributed by atoms with Crippen LogP contribution in [0.3, 0.4) is 0 Å². The van der Waals surface area contributed by atoms with Crippen LogP contribution in [0.15, 0.2) is 18.3 Å². The Labute approximate surface area is 136 Å². The minimum Gasteiger partial charge on any atom is -0.354 e. The number of carbonyl (C=O) groups is 1. The highest BCUT2D eigenvalue weighted by molar-refractivity contribution is 5.81. The molecule has 1 fully saturated rings. The minimum atomic E-state index is -0.370. The first-order chi connectivity index (χ1) is 11.0. The molecule has 2 aromatic heterocycles. The molecule has 23 heavy (non-hydrogen) atoms. The van der Waals surface area contributed by atoms with Gasteiger partial charge in [-0.25, -0.2) is 9.67 Å². The smallest absolute Gasteiger partial charge is 0.225 e. The van der Waals surface area contributed by atoms with Gasteiger partial charge in [0.25, 0.3) is 0 Å². The molecule has 1 aliphatic rings. The molecule has 1 amide bonds. The Kier molecular flexibility index (Phi) is 4.35. The molecule has 2 aromatic rings. The Morgan fingerprint density at radius 3 is 3.00 bits per heavy atom. The first-order valence-electron chi connectivity index (χ1n) is 8.27. The van der Waals surface area contributed by atoms with Crippen molar-refractivity contribution >= 4 is 16.9 Å². The number of nitrogens with zero attached hydrogens (tertiary/aromatic N) is 3. The van der Waals surface area contributed by atoms with E-state index >= 15 is 0 Å². The molecule has 0 aliphatic carbocycles. The zero-order chi connectivity index (χ0) is 16.4. The van der Waals surface area contributed by atoms with Crippen molar-refractivity contribution in [1.82, 2.24) is 25.4 Å². The molecule has 3 heterocycles. The summed E-state index contributed by atoms with van der Waals surface area (Å²) in [6.45, 7) is 8.96. The van der Waals surface area contributed by atoms with Crippen molar-refractivity contribution in [3.8, 4) is 0 Å². The number of aromatic nitrogens is 3. The van der Waals surface area contributed by atoms with Crippen LogP contribution in [0.1, 0.15) is 38.8 Å². The normalized spacial score (nSPS) is 18.5. The molecule has 6 heteroatoms. The van der Waals surface area contributed by atoms with Gasteiger partial charge in [-0.3, -0.25) is 4.79 Å². The number of carbonyl (C=O) groups excluding carboxylic acids is 1. The molecule has 2 N–H and O–H groups in total. The minimum absolute atomic E-state index is 0.0575. The van der Waals surface area contributed by atoms with E-state index < -0.39 is 0 Å². The molecule has 0 aromatic carbocycles. The lowest BCUT2D eigenvalue weighted by Crippen LogP contribution is -2.36. The first kappa shape index (κ1) is 15.9. The van der Waals surface area contributed by atoms with Gasteiger partial charge in [0.05, 0.1) is 12.2 Å². The molecule has 124 valence electrons. The Bertz CT molecular complexity index is 695. The molecular formula is C17H25N5O. The lowest BCUT2D eigenvalue weighted by atomic mass is 9.96. The van der Waals surface area contributed by atoms with E-state index in [0.717, 1.165) is 36.2 Å². The maximum absolute atomic E-state index is 12.0. The fourth-order valence-electron chi connectivity index (χ4n) is 2.92. The lowest BCUT2D eigenvalue weighted by Gasteiger charge is -2.17. The third-order valence-corrected chi connectivity index (χ3v) is 4.27. The standard InChI is InChI=1S/C17H25N5O/c1-17(2,3)16(23)20-9-10-22-15-13(5-4-7-19-15)14(21-22)12-6-8-18-11-12/h4-5,7,12,18H,6,8-11H2,1-3H3,(H,20,23)/t12-/m0/s1. The van der Waals surface area contributed by atoms with Crippen molar-refractivity contribution in [2.45, 2.75) is 39.7 Å². The molecule has 0 bridgehead atoms. The summed E-state index contributed by atoms with van der Waals surface area (Å²) in [6, 6.07) is 4.05. The second-order valence-electron chi connectivity index (χ2n) is 7.18. The lowest BCUT2D eigenvalue weighted by molar-refractivity contribution is -0.128. The summed E-state index contributed by atoms with van der Waals surface area (Å²) in [4.78, 5) is 16.5. The van der Waals surface area contributed by atoms with E-state index in [4.69, 9.17) is 5.10 Å². The number of hydrogen-bond acceptors (Lipinski definition) is 4. The van der Waals surface area contributed by atoms with Gasteiger partial charge in [-0.2, -0.15) is 5.10 Å². The molecule has 1 aliphatic heterocycles. The third-order valence-electron chi connectivity index (χ3n) is 4.27. The molecule has 6 nitrogen and oxygen atoms in total. The molecule has 0 spiro atoms. The average Bonchev–Trinajstić information content (AvgIpc) is 3.14. The van der Waals surface area contributed by atoms with Crippen molar-refractivity contribution in [2.75, 3.05) is 19.6 Å². The van der Waals surface area contributed by atoms with Crippen LogP contribution in [0.5, 0.6) is 0 Å². The van der Waals surface area contributed by atoms with Gasteiger partial charge in [0.1, 0.15) is 0 Å². The highest BCUT2D eigenvalue weighted by Crippen LogP contribution is 2.27. The number of hydrogen-bond donors (Lipinski definition) is 2. The summed E-state index contributed by atoms with van der Waals surface area (Å²) in [5.74, 6) is 0.509. The summed E-state index contributed by atoms with van der Waals surface area (Å²) < 4.78 is 1.92. The van der Waals surface area contributed by atoms with Crippen LogP contribution in [0.2, 0.25) is 0 Å². The maximum Gasteiger partial charge on any atom is 0.225 e. The van der Waals surface area contributed by atoms with Gasteiger partial charge in [-0.1, -0.05) is 20.8 Å². The third kappa shape index (κ3) is 3.37. The van der Waals surface area contributed by atoms with Crippen LogP contribution in [-0.2, 0) is 11.3 Å². The van der Waals surface area contributed by atoms with Crippen molar-refractivity contribution < 1.29 is 4.79 Å². The Morgan fingerprint density at radius 2 is 2.30 bits per heavy atom. The van der Waals surface area contributed by atoms with Crippen molar-refractivity contribution in [1.29, 1.82) is 0 Å². The Balaban J connectivity index is 1.77. The van der Waals surface area contributed by atoms with Gasteiger partial charge >= 0.3 is 0 Å². The summed E-state index contributed by atoms with van der Waals surface area (Å²) in [5, 5.41) is 12.3. The van der Waals surface area contributed by atoms with Crippen LogP contribution in [0.25, 0.3) is 11.0 Å². The second kappa shape index (κ2) is 6.28. The van der Waals surface area contributed by atoms with E-state index in [0.29, 0.717) is 19.0 Å². The Morgan fingerprint density at radius 1 is 1.48 bits per heavy atom. The predicted molar refractivity (Wildman–Crippen MR) is 90.2 cm³/mol. The zero-order valence-electron chi connectivity index (χ0n) is 14.1. The Hall–Kier alpha value is -1.95. The van der Waals surface area contributed by atoms with Crippen molar-refractivity contribution in [3.63, 3.8) is 0 Å². The van der Waals surface area contributed by atoms with Gasteiger partial charge in [0, 0.05) is 36.0 Å². The van der Waals surface area contributed by atoms with Crippen LogP contribution >= 0.6 is 0 Å². The van der Waals surface area contributed by atoms with Gasteiger partial charge in [-0.15, -0.1) is 0 Å². The summed E-state index contributed by atoms with van der Waals surface area (Å²) in [5.41, 5.74) is 1.66. The quantitative estimate of drug-likeness (QED) is 0.900. The summed E-state index contributed by atoms with van der Waals surface area (Å²) in [6.07, 6.45) is 2.91. The molecule has 0 radical (unpaired) electrons. The molecule has 1 saturated heterocycles. The highest BCUT2D eigenvalue weighted by Gasteiger charge is 2.24. The maximum atomic E-state index is 12.0. The van der Waals surface area contributed by atoms with Gasteiger partial charge in [-0.05, 0) is 25.1 Å². The van der Waals surface area contributed by atoms with Crippen LogP contribution in [-0.4, -0.2) is 40.3 Å². The number of fused-ring (bicyclic) bond motifs is 1. The van der Waals surface area contributed by atoms with Gasteiger partial charge in [0.15, 0.2) is 5.65 Å². The van der Waals surface area contributed by atoms with E-state index in [1.54, 1.807) is 6.20 Å². The van der Waals surface area contributed by atoms with Crippen molar-refractivity contribution in [3.05, 3.63) is 24.0 Å². The number of amides is 1. The average molecular weight is 315 g/mol. The SMILES string of the molecule is CC(C)(C)C(=O)NCCn1nc([C@H]2CCNC2)c2cccnc21. The number of pyridine rings is 1. The predicted octanol–water partition coefficient (Wildman–Crippen LogP) is 1.67. The van der Waals surface area contributed by atoms with E-state index in [1.807, 2.05) is 31.5 Å². The fourth-order valence-corrected chi connectivity index (χ4v) is 2.92. The van der Waals surface area contributed by atoms with Crippen LogP contribution in [0.4, 0.5) is 0 Å². The molecule has 0 saturated carbocycles. The molecule has 3 rings (SSSR count). The van der Waals surface area contributed by atoms with Crippen LogP contribution in [0, 0.1) is 5.41 Å². The van der Waals surface area contributed by atoms with Gasteiger partial charge < -0.3 is 10.6 Å². The van der Waals surface area contributed by atoms with E-state index in [2.05, 4.69) is 21.7 Å². The van der Waals surface area contributed by atoms with E-state index in [-0.39, 0.29) is 11.3 Å². The summed E-state index contributed by atoms with van der Waals surface area (Å²) >= 11 is 0. The van der Waals surface area contributed by atoms with Crippen LogP contribution < -0.4 is 10.6 Å². The molecule has 1 atom stereocenters.